The molecule has 0 fully saturated rings. The van der Waals surface area contributed by atoms with E-state index in [-0.39, 0.29) is 19.0 Å². The number of hydrogen-bond acceptors (Lipinski definition) is 4. The molecule has 1 aromatic rings. The van der Waals surface area contributed by atoms with E-state index < -0.39 is 0 Å². The molecule has 0 aliphatic heterocycles. The van der Waals surface area contributed by atoms with Crippen LogP contribution in [-0.2, 0) is 16.0 Å². The zero-order chi connectivity index (χ0) is 12.0. The summed E-state index contributed by atoms with van der Waals surface area (Å²) < 4.78 is 9.89. The Bertz CT molecular complexity index is 363. The fourth-order valence-electron chi connectivity index (χ4n) is 1.30. The summed E-state index contributed by atoms with van der Waals surface area (Å²) in [7, 11) is 1.35. The van der Waals surface area contributed by atoms with Gasteiger partial charge in [-0.3, -0.25) is 4.79 Å². The number of carbonyl (C=O) groups excluding carboxylic acids is 1. The Labute approximate surface area is 95.3 Å². The Morgan fingerprint density at radius 1 is 1.44 bits per heavy atom. The molecule has 1 rings (SSSR count). The highest BCUT2D eigenvalue weighted by molar-refractivity contribution is 5.69. The molecule has 0 spiro atoms. The first-order valence-corrected chi connectivity index (χ1v) is 5.25. The summed E-state index contributed by atoms with van der Waals surface area (Å²) in [5, 5.41) is 0. The quantitative estimate of drug-likeness (QED) is 0.610. The number of hydrogen-bond donors (Lipinski definition) is 1. The van der Waals surface area contributed by atoms with Crippen molar-refractivity contribution in [3.8, 4) is 5.75 Å². The molecule has 1 aromatic carbocycles. The Kier molecular flexibility index (Phi) is 4.64. The molecule has 0 aliphatic rings. The van der Waals surface area contributed by atoms with Crippen LogP contribution in [0.2, 0.25) is 0 Å². The third-order valence-electron chi connectivity index (χ3n) is 2.27. The van der Waals surface area contributed by atoms with Crippen LogP contribution in [0, 0.1) is 0 Å². The van der Waals surface area contributed by atoms with Crippen molar-refractivity contribution in [2.45, 2.75) is 19.8 Å². The predicted molar refractivity (Wildman–Crippen MR) is 62.4 cm³/mol. The largest absolute Gasteiger partial charge is 0.491 e. The lowest BCUT2D eigenvalue weighted by atomic mass is 10.1. The lowest BCUT2D eigenvalue weighted by Crippen LogP contribution is -2.08. The van der Waals surface area contributed by atoms with E-state index in [1.165, 1.54) is 7.11 Å². The fraction of sp³-hybridized carbons (Fsp3) is 0.417. The van der Waals surface area contributed by atoms with E-state index in [2.05, 4.69) is 11.7 Å². The van der Waals surface area contributed by atoms with Crippen molar-refractivity contribution in [3.05, 3.63) is 23.8 Å². The Morgan fingerprint density at radius 2 is 2.19 bits per heavy atom. The van der Waals surface area contributed by atoms with E-state index in [4.69, 9.17) is 10.5 Å². The third kappa shape index (κ3) is 3.46. The molecular weight excluding hydrogens is 206 g/mol. The van der Waals surface area contributed by atoms with E-state index >= 15 is 0 Å². The predicted octanol–water partition coefficient (Wildman–Crippen LogP) is 1.77. The maximum absolute atomic E-state index is 10.9. The smallest absolute Gasteiger partial charge is 0.308 e. The normalized spacial score (nSPS) is 9.88. The van der Waals surface area contributed by atoms with Crippen LogP contribution >= 0.6 is 0 Å². The maximum Gasteiger partial charge on any atom is 0.308 e. The molecule has 0 aromatic heterocycles. The van der Waals surface area contributed by atoms with Crippen LogP contribution < -0.4 is 10.5 Å². The van der Waals surface area contributed by atoms with E-state index in [1.807, 2.05) is 18.2 Å². The topological polar surface area (TPSA) is 61.5 Å². The number of benzene rings is 1. The maximum atomic E-state index is 10.9. The van der Waals surface area contributed by atoms with E-state index in [1.54, 1.807) is 0 Å². The van der Waals surface area contributed by atoms with Crippen LogP contribution in [0.5, 0.6) is 5.75 Å². The van der Waals surface area contributed by atoms with E-state index in [0.29, 0.717) is 11.4 Å². The Balaban J connectivity index is 2.51. The van der Waals surface area contributed by atoms with Crippen molar-refractivity contribution in [1.82, 2.24) is 0 Å². The zero-order valence-corrected chi connectivity index (χ0v) is 9.66. The van der Waals surface area contributed by atoms with Crippen LogP contribution in [0.15, 0.2) is 18.2 Å². The SMILES string of the molecule is CCc1ccc(OCCC(=O)OC)c(N)c1. The molecule has 0 radical (unpaired) electrons. The molecule has 16 heavy (non-hydrogen) atoms. The molecule has 0 saturated carbocycles. The van der Waals surface area contributed by atoms with Gasteiger partial charge in [-0.2, -0.15) is 0 Å². The first-order chi connectivity index (χ1) is 7.67. The van der Waals surface area contributed by atoms with Gasteiger partial charge in [0.15, 0.2) is 0 Å². The minimum atomic E-state index is -0.288. The van der Waals surface area contributed by atoms with Gasteiger partial charge < -0.3 is 15.2 Å². The highest BCUT2D eigenvalue weighted by Gasteiger charge is 2.04. The first kappa shape index (κ1) is 12.4. The summed E-state index contributed by atoms with van der Waals surface area (Å²) in [6.45, 7) is 2.34. The molecule has 0 atom stereocenters. The van der Waals surface area contributed by atoms with Gasteiger partial charge in [0.1, 0.15) is 5.75 Å². The second kappa shape index (κ2) is 6.00. The van der Waals surface area contributed by atoms with Gasteiger partial charge in [-0.25, -0.2) is 0 Å². The molecule has 0 saturated heterocycles. The number of nitrogens with two attached hydrogens (primary N) is 1. The van der Waals surface area contributed by atoms with Gasteiger partial charge in [0.2, 0.25) is 0 Å². The van der Waals surface area contributed by atoms with Gasteiger partial charge in [-0.1, -0.05) is 13.0 Å². The number of methoxy groups -OCH3 is 1. The zero-order valence-electron chi connectivity index (χ0n) is 9.66. The minimum Gasteiger partial charge on any atom is -0.491 e. The molecule has 4 nitrogen and oxygen atoms in total. The van der Waals surface area contributed by atoms with Crippen LogP contribution in [-0.4, -0.2) is 19.7 Å². The lowest BCUT2D eigenvalue weighted by molar-refractivity contribution is -0.141. The van der Waals surface area contributed by atoms with Gasteiger partial charge in [0, 0.05) is 0 Å². The van der Waals surface area contributed by atoms with Crippen molar-refractivity contribution < 1.29 is 14.3 Å². The Hall–Kier alpha value is -1.71. The first-order valence-electron chi connectivity index (χ1n) is 5.25. The molecular formula is C12H17NO3. The highest BCUT2D eigenvalue weighted by Crippen LogP contribution is 2.22. The fourth-order valence-corrected chi connectivity index (χ4v) is 1.30. The molecule has 4 heteroatoms. The summed E-state index contributed by atoms with van der Waals surface area (Å²) in [5.41, 5.74) is 7.57. The minimum absolute atomic E-state index is 0.228. The Morgan fingerprint density at radius 3 is 2.75 bits per heavy atom. The summed E-state index contributed by atoms with van der Waals surface area (Å²) in [4.78, 5) is 10.9. The van der Waals surface area contributed by atoms with Crippen molar-refractivity contribution in [3.63, 3.8) is 0 Å². The van der Waals surface area contributed by atoms with E-state index in [0.717, 1.165) is 12.0 Å². The van der Waals surface area contributed by atoms with Crippen molar-refractivity contribution in [2.75, 3.05) is 19.5 Å². The number of esters is 1. The molecule has 0 bridgehead atoms. The van der Waals surface area contributed by atoms with Crippen molar-refractivity contribution in [2.24, 2.45) is 0 Å². The number of aryl methyl sites for hydroxylation is 1. The van der Waals surface area contributed by atoms with Gasteiger partial charge in [-0.05, 0) is 24.1 Å². The molecule has 2 N–H and O–H groups in total. The third-order valence-corrected chi connectivity index (χ3v) is 2.27. The van der Waals surface area contributed by atoms with Crippen molar-refractivity contribution in [1.29, 1.82) is 0 Å². The van der Waals surface area contributed by atoms with Gasteiger partial charge >= 0.3 is 5.97 Å². The average Bonchev–Trinajstić information content (AvgIpc) is 2.30. The summed E-state index contributed by atoms with van der Waals surface area (Å²) >= 11 is 0. The van der Waals surface area contributed by atoms with Gasteiger partial charge in [0.05, 0.1) is 25.8 Å². The lowest BCUT2D eigenvalue weighted by Gasteiger charge is -2.09. The second-order valence-electron chi connectivity index (χ2n) is 3.40. The number of carbonyl (C=O) groups is 1. The molecule has 0 unspecified atom stereocenters. The monoisotopic (exact) mass is 223 g/mol. The van der Waals surface area contributed by atoms with Crippen LogP contribution in [0.4, 0.5) is 5.69 Å². The highest BCUT2D eigenvalue weighted by atomic mass is 16.5. The van der Waals surface area contributed by atoms with Crippen LogP contribution in [0.1, 0.15) is 18.9 Å². The summed E-state index contributed by atoms with van der Waals surface area (Å²) in [6, 6.07) is 5.67. The second-order valence-corrected chi connectivity index (χ2v) is 3.40. The average molecular weight is 223 g/mol. The number of anilines is 1. The van der Waals surface area contributed by atoms with Gasteiger partial charge in [-0.15, -0.1) is 0 Å². The molecule has 0 aliphatic carbocycles. The number of ether oxygens (including phenoxy) is 2. The molecule has 0 heterocycles. The summed E-state index contributed by atoms with van der Waals surface area (Å²) in [6.07, 6.45) is 1.16. The standard InChI is InChI=1S/C12H17NO3/c1-3-9-4-5-11(10(13)8-9)16-7-6-12(14)15-2/h4-5,8H,3,6-7,13H2,1-2H3. The van der Waals surface area contributed by atoms with Crippen molar-refractivity contribution >= 4 is 11.7 Å². The van der Waals surface area contributed by atoms with E-state index in [9.17, 15) is 4.79 Å². The molecule has 88 valence electrons. The summed E-state index contributed by atoms with van der Waals surface area (Å²) in [5.74, 6) is 0.324. The molecule has 0 amide bonds. The van der Waals surface area contributed by atoms with Gasteiger partial charge in [0.25, 0.3) is 0 Å². The van der Waals surface area contributed by atoms with Crippen LogP contribution in [0.25, 0.3) is 0 Å². The van der Waals surface area contributed by atoms with Crippen LogP contribution in [0.3, 0.4) is 0 Å². The number of rotatable bonds is 5. The number of nitrogen functional groups attached to an aromatic ring is 1.